The number of rotatable bonds is 2. The minimum atomic E-state index is 0. The standard InChI is InChI=1S/C9H15N5.2ClH/c1-6-5-11-9(14-13-6)12-8-3-2-7(10)4-8;;/h5,7-8H,2-4,10H2,1H3,(H,11,12,14);2*1H. The molecule has 2 rings (SSSR count). The zero-order valence-corrected chi connectivity index (χ0v) is 10.7. The number of nitrogens with two attached hydrogens (primary N) is 1. The van der Waals surface area contributed by atoms with Crippen LogP contribution < -0.4 is 11.1 Å². The number of aromatic nitrogens is 3. The average molecular weight is 266 g/mol. The van der Waals surface area contributed by atoms with E-state index in [0.717, 1.165) is 25.0 Å². The van der Waals surface area contributed by atoms with Crippen LogP contribution in [0.4, 0.5) is 5.95 Å². The first-order valence-electron chi connectivity index (χ1n) is 4.92. The van der Waals surface area contributed by atoms with E-state index < -0.39 is 0 Å². The lowest BCUT2D eigenvalue weighted by molar-refractivity contribution is 0.683. The van der Waals surface area contributed by atoms with Crippen molar-refractivity contribution in [2.45, 2.75) is 38.3 Å². The molecule has 1 saturated carbocycles. The molecule has 1 aliphatic rings. The molecular weight excluding hydrogens is 249 g/mol. The van der Waals surface area contributed by atoms with Gasteiger partial charge in [0.15, 0.2) is 0 Å². The summed E-state index contributed by atoms with van der Waals surface area (Å²) in [6, 6.07) is 0.736. The van der Waals surface area contributed by atoms with Crippen molar-refractivity contribution in [3.8, 4) is 0 Å². The van der Waals surface area contributed by atoms with Crippen LogP contribution in [0.25, 0.3) is 0 Å². The van der Waals surface area contributed by atoms with Gasteiger partial charge in [0.2, 0.25) is 5.95 Å². The lowest BCUT2D eigenvalue weighted by atomic mass is 10.2. The maximum atomic E-state index is 5.81. The van der Waals surface area contributed by atoms with E-state index in [-0.39, 0.29) is 24.8 Å². The second kappa shape index (κ2) is 6.83. The number of anilines is 1. The van der Waals surface area contributed by atoms with Crippen LogP contribution >= 0.6 is 24.8 Å². The van der Waals surface area contributed by atoms with Gasteiger partial charge in [-0.3, -0.25) is 0 Å². The van der Waals surface area contributed by atoms with E-state index in [1.807, 2.05) is 6.92 Å². The lowest BCUT2D eigenvalue weighted by Gasteiger charge is -2.10. The van der Waals surface area contributed by atoms with Crippen LogP contribution in [-0.2, 0) is 0 Å². The van der Waals surface area contributed by atoms with Crippen LogP contribution in [0.2, 0.25) is 0 Å². The van der Waals surface area contributed by atoms with Crippen molar-refractivity contribution in [2.24, 2.45) is 5.73 Å². The van der Waals surface area contributed by atoms with Crippen LogP contribution in [-0.4, -0.2) is 27.3 Å². The summed E-state index contributed by atoms with van der Waals surface area (Å²) in [7, 11) is 0. The van der Waals surface area contributed by atoms with Crippen molar-refractivity contribution in [3.63, 3.8) is 0 Å². The molecule has 0 bridgehead atoms. The molecule has 1 aromatic rings. The summed E-state index contributed by atoms with van der Waals surface area (Å²) in [6.45, 7) is 1.87. The van der Waals surface area contributed by atoms with Gasteiger partial charge >= 0.3 is 0 Å². The molecular formula is C9H17Cl2N5. The summed E-state index contributed by atoms with van der Waals surface area (Å²) >= 11 is 0. The third-order valence-corrected chi connectivity index (χ3v) is 2.48. The molecule has 1 heterocycles. The Kier molecular flexibility index (Phi) is 6.55. The van der Waals surface area contributed by atoms with E-state index >= 15 is 0 Å². The fourth-order valence-electron chi connectivity index (χ4n) is 1.73. The summed E-state index contributed by atoms with van der Waals surface area (Å²) in [6.07, 6.45) is 4.89. The van der Waals surface area contributed by atoms with E-state index in [0.29, 0.717) is 18.0 Å². The Morgan fingerprint density at radius 1 is 1.31 bits per heavy atom. The molecule has 1 fully saturated rings. The van der Waals surface area contributed by atoms with E-state index in [4.69, 9.17) is 5.73 Å². The molecule has 2 unspecified atom stereocenters. The van der Waals surface area contributed by atoms with Crippen LogP contribution in [0, 0.1) is 6.92 Å². The highest BCUT2D eigenvalue weighted by atomic mass is 35.5. The molecule has 0 spiro atoms. The summed E-state index contributed by atoms with van der Waals surface area (Å²) in [4.78, 5) is 4.14. The molecule has 3 N–H and O–H groups in total. The van der Waals surface area contributed by atoms with Gasteiger partial charge in [0, 0.05) is 12.1 Å². The third-order valence-electron chi connectivity index (χ3n) is 2.48. The highest BCUT2D eigenvalue weighted by Gasteiger charge is 2.21. The smallest absolute Gasteiger partial charge is 0.242 e. The molecule has 7 heteroatoms. The first kappa shape index (κ1) is 15.3. The molecule has 0 aliphatic heterocycles. The number of nitrogens with one attached hydrogen (secondary N) is 1. The van der Waals surface area contributed by atoms with Gasteiger partial charge in [-0.2, -0.15) is 5.10 Å². The highest BCUT2D eigenvalue weighted by molar-refractivity contribution is 5.85. The van der Waals surface area contributed by atoms with Crippen LogP contribution in [0.5, 0.6) is 0 Å². The summed E-state index contributed by atoms with van der Waals surface area (Å²) in [5.74, 6) is 0.606. The van der Waals surface area contributed by atoms with Crippen LogP contribution in [0.15, 0.2) is 6.20 Å². The largest absolute Gasteiger partial charge is 0.350 e. The first-order valence-corrected chi connectivity index (χ1v) is 4.92. The zero-order valence-electron chi connectivity index (χ0n) is 9.09. The topological polar surface area (TPSA) is 76.7 Å². The third kappa shape index (κ3) is 4.08. The first-order chi connectivity index (χ1) is 6.74. The summed E-state index contributed by atoms with van der Waals surface area (Å²) in [5.41, 5.74) is 6.64. The molecule has 1 aromatic heterocycles. The van der Waals surface area contributed by atoms with Gasteiger partial charge in [-0.05, 0) is 26.2 Å². The average Bonchev–Trinajstić information content (AvgIpc) is 2.56. The molecule has 92 valence electrons. The summed E-state index contributed by atoms with van der Waals surface area (Å²) in [5, 5.41) is 11.1. The second-order valence-electron chi connectivity index (χ2n) is 3.84. The fraction of sp³-hybridized carbons (Fsp3) is 0.667. The molecule has 1 aliphatic carbocycles. The minimum absolute atomic E-state index is 0. The maximum absolute atomic E-state index is 5.81. The van der Waals surface area contributed by atoms with Gasteiger partial charge < -0.3 is 11.1 Å². The Morgan fingerprint density at radius 2 is 2.06 bits per heavy atom. The molecule has 0 amide bonds. The molecule has 0 saturated heterocycles. The van der Waals surface area contributed by atoms with Crippen molar-refractivity contribution in [2.75, 3.05) is 5.32 Å². The predicted molar refractivity (Wildman–Crippen MR) is 68.3 cm³/mol. The summed E-state index contributed by atoms with van der Waals surface area (Å²) < 4.78 is 0. The number of hydrogen-bond acceptors (Lipinski definition) is 5. The Balaban J connectivity index is 0.00000112. The Hall–Kier alpha value is -0.650. The van der Waals surface area contributed by atoms with E-state index in [2.05, 4.69) is 20.5 Å². The van der Waals surface area contributed by atoms with Gasteiger partial charge in [0.25, 0.3) is 0 Å². The van der Waals surface area contributed by atoms with E-state index in [1.165, 1.54) is 0 Å². The monoisotopic (exact) mass is 265 g/mol. The zero-order chi connectivity index (χ0) is 9.97. The second-order valence-corrected chi connectivity index (χ2v) is 3.84. The Bertz CT molecular complexity index is 305. The van der Waals surface area contributed by atoms with Gasteiger partial charge in [0.05, 0.1) is 11.9 Å². The van der Waals surface area contributed by atoms with Crippen molar-refractivity contribution >= 4 is 30.8 Å². The van der Waals surface area contributed by atoms with Gasteiger partial charge in [0.1, 0.15) is 0 Å². The molecule has 2 atom stereocenters. The normalized spacial score (nSPS) is 23.1. The van der Waals surface area contributed by atoms with Crippen molar-refractivity contribution < 1.29 is 0 Å². The lowest BCUT2D eigenvalue weighted by Crippen LogP contribution is -2.21. The quantitative estimate of drug-likeness (QED) is 0.844. The van der Waals surface area contributed by atoms with Crippen LogP contribution in [0.3, 0.4) is 0 Å². The maximum Gasteiger partial charge on any atom is 0.242 e. The predicted octanol–water partition coefficient (Wildman–Crippen LogP) is 1.32. The van der Waals surface area contributed by atoms with Crippen molar-refractivity contribution in [1.82, 2.24) is 15.2 Å². The highest BCUT2D eigenvalue weighted by Crippen LogP contribution is 2.19. The van der Waals surface area contributed by atoms with Crippen molar-refractivity contribution in [1.29, 1.82) is 0 Å². The van der Waals surface area contributed by atoms with Crippen molar-refractivity contribution in [3.05, 3.63) is 11.9 Å². The van der Waals surface area contributed by atoms with Crippen LogP contribution in [0.1, 0.15) is 25.0 Å². The number of aryl methyl sites for hydroxylation is 1. The molecule has 5 nitrogen and oxygen atoms in total. The van der Waals surface area contributed by atoms with Gasteiger partial charge in [-0.25, -0.2) is 4.98 Å². The van der Waals surface area contributed by atoms with E-state index in [1.54, 1.807) is 6.20 Å². The molecule has 0 aromatic carbocycles. The van der Waals surface area contributed by atoms with Gasteiger partial charge in [-0.15, -0.1) is 29.9 Å². The Morgan fingerprint density at radius 3 is 2.56 bits per heavy atom. The molecule has 16 heavy (non-hydrogen) atoms. The molecule has 0 radical (unpaired) electrons. The van der Waals surface area contributed by atoms with Gasteiger partial charge in [-0.1, -0.05) is 0 Å². The number of nitrogens with zero attached hydrogens (tertiary/aromatic N) is 3. The fourth-order valence-corrected chi connectivity index (χ4v) is 1.73. The number of halogens is 2. The SMILES string of the molecule is Cc1cnc(NC2CCC(N)C2)nn1.Cl.Cl. The minimum Gasteiger partial charge on any atom is -0.350 e. The Labute approximate surface area is 107 Å². The number of hydrogen-bond donors (Lipinski definition) is 2. The van der Waals surface area contributed by atoms with E-state index in [9.17, 15) is 0 Å².